The highest BCUT2D eigenvalue weighted by Crippen LogP contribution is 2.26. The van der Waals surface area contributed by atoms with Gasteiger partial charge >= 0.3 is 0 Å². The molecule has 0 radical (unpaired) electrons. The summed E-state index contributed by atoms with van der Waals surface area (Å²) in [5.41, 5.74) is 8.80. The Morgan fingerprint density at radius 1 is 1.24 bits per heavy atom. The standard InChI is InChI=1S/C16H14ClFN2O/c17-11-3-4-12(14(18)8-11)15(19)10-2-1-9-5-6-20-16(21)13(9)7-10/h1-4,7-8,15H,5-6,19H2,(H,20,21). The predicted molar refractivity (Wildman–Crippen MR) is 79.9 cm³/mol. The van der Waals surface area contributed by atoms with Crippen LogP contribution in [0, 0.1) is 5.82 Å². The minimum Gasteiger partial charge on any atom is -0.352 e. The molecule has 1 aliphatic rings. The van der Waals surface area contributed by atoms with E-state index >= 15 is 0 Å². The molecule has 0 spiro atoms. The number of nitrogens with two attached hydrogens (primary N) is 1. The van der Waals surface area contributed by atoms with Crippen LogP contribution in [0.25, 0.3) is 0 Å². The van der Waals surface area contributed by atoms with Crippen molar-refractivity contribution in [2.75, 3.05) is 6.54 Å². The van der Waals surface area contributed by atoms with Gasteiger partial charge in [-0.3, -0.25) is 4.79 Å². The first-order valence-corrected chi connectivity index (χ1v) is 7.05. The van der Waals surface area contributed by atoms with Gasteiger partial charge in [0.15, 0.2) is 0 Å². The van der Waals surface area contributed by atoms with Gasteiger partial charge in [-0.2, -0.15) is 0 Å². The Balaban J connectivity index is 2.00. The average Bonchev–Trinajstić information content (AvgIpc) is 2.47. The van der Waals surface area contributed by atoms with E-state index < -0.39 is 11.9 Å². The Bertz CT molecular complexity index is 717. The van der Waals surface area contributed by atoms with Crippen LogP contribution in [0.4, 0.5) is 4.39 Å². The smallest absolute Gasteiger partial charge is 0.251 e. The molecule has 3 rings (SSSR count). The minimum atomic E-state index is -0.637. The fourth-order valence-corrected chi connectivity index (χ4v) is 2.71. The first-order chi connectivity index (χ1) is 10.1. The highest BCUT2D eigenvalue weighted by molar-refractivity contribution is 6.30. The van der Waals surface area contributed by atoms with Gasteiger partial charge in [0, 0.05) is 22.7 Å². The summed E-state index contributed by atoms with van der Waals surface area (Å²) < 4.78 is 14.0. The molecule has 2 aromatic rings. The number of hydrogen-bond donors (Lipinski definition) is 2. The van der Waals surface area contributed by atoms with Crippen LogP contribution in [-0.4, -0.2) is 12.5 Å². The molecule has 1 heterocycles. The second-order valence-electron chi connectivity index (χ2n) is 5.07. The first kappa shape index (κ1) is 14.0. The molecule has 1 unspecified atom stereocenters. The fraction of sp³-hybridized carbons (Fsp3) is 0.188. The van der Waals surface area contributed by atoms with Crippen LogP contribution in [0.3, 0.4) is 0 Å². The Kier molecular flexibility index (Phi) is 3.66. The SMILES string of the molecule is NC(c1ccc2c(c1)C(=O)NCC2)c1ccc(Cl)cc1F. The van der Waals surface area contributed by atoms with Gasteiger partial charge in [-0.25, -0.2) is 4.39 Å². The summed E-state index contributed by atoms with van der Waals surface area (Å²) in [5.74, 6) is -0.556. The summed E-state index contributed by atoms with van der Waals surface area (Å²) in [4.78, 5) is 11.9. The zero-order chi connectivity index (χ0) is 15.0. The molecule has 3 N–H and O–H groups in total. The maximum absolute atomic E-state index is 14.0. The maximum Gasteiger partial charge on any atom is 0.251 e. The third-order valence-electron chi connectivity index (χ3n) is 3.72. The second kappa shape index (κ2) is 5.47. The molecule has 3 nitrogen and oxygen atoms in total. The Hall–Kier alpha value is -1.91. The van der Waals surface area contributed by atoms with Crippen molar-refractivity contribution >= 4 is 17.5 Å². The molecule has 1 amide bonds. The minimum absolute atomic E-state index is 0.109. The van der Waals surface area contributed by atoms with E-state index in [-0.39, 0.29) is 5.91 Å². The number of nitrogens with one attached hydrogen (secondary N) is 1. The van der Waals surface area contributed by atoms with Crippen LogP contribution in [0.1, 0.15) is 33.1 Å². The van der Waals surface area contributed by atoms with Gasteiger partial charge in [-0.05, 0) is 35.7 Å². The van der Waals surface area contributed by atoms with Crippen molar-refractivity contribution in [1.82, 2.24) is 5.32 Å². The Morgan fingerprint density at radius 2 is 2.05 bits per heavy atom. The zero-order valence-electron chi connectivity index (χ0n) is 11.2. The van der Waals surface area contributed by atoms with E-state index in [1.165, 1.54) is 6.07 Å². The lowest BCUT2D eigenvalue weighted by Gasteiger charge is -2.20. The third-order valence-corrected chi connectivity index (χ3v) is 3.95. The van der Waals surface area contributed by atoms with Gasteiger partial charge in [0.1, 0.15) is 5.82 Å². The summed E-state index contributed by atoms with van der Waals surface area (Å²) in [6, 6.07) is 9.24. The van der Waals surface area contributed by atoms with E-state index in [9.17, 15) is 9.18 Å². The monoisotopic (exact) mass is 304 g/mol. The van der Waals surface area contributed by atoms with E-state index in [2.05, 4.69) is 5.32 Å². The quantitative estimate of drug-likeness (QED) is 0.896. The van der Waals surface area contributed by atoms with Crippen LogP contribution < -0.4 is 11.1 Å². The summed E-state index contributed by atoms with van der Waals surface area (Å²) >= 11 is 5.75. The summed E-state index contributed by atoms with van der Waals surface area (Å²) in [5, 5.41) is 3.12. The topological polar surface area (TPSA) is 55.1 Å². The fourth-order valence-electron chi connectivity index (χ4n) is 2.56. The molecule has 0 bridgehead atoms. The van der Waals surface area contributed by atoms with Gasteiger partial charge < -0.3 is 11.1 Å². The molecule has 0 saturated carbocycles. The molecule has 1 aliphatic heterocycles. The predicted octanol–water partition coefficient (Wildman–Crippen LogP) is 2.81. The lowest BCUT2D eigenvalue weighted by Crippen LogP contribution is -2.32. The molecular weight excluding hydrogens is 291 g/mol. The number of carbonyl (C=O) groups excluding carboxylic acids is 1. The van der Waals surface area contributed by atoms with Crippen molar-refractivity contribution in [1.29, 1.82) is 0 Å². The molecule has 0 saturated heterocycles. The van der Waals surface area contributed by atoms with Crippen LogP contribution in [0.2, 0.25) is 5.02 Å². The van der Waals surface area contributed by atoms with E-state index in [4.69, 9.17) is 17.3 Å². The first-order valence-electron chi connectivity index (χ1n) is 6.68. The molecule has 108 valence electrons. The van der Waals surface area contributed by atoms with Gasteiger partial charge in [-0.15, -0.1) is 0 Å². The van der Waals surface area contributed by atoms with Crippen LogP contribution in [-0.2, 0) is 6.42 Å². The Labute approximate surface area is 126 Å². The van der Waals surface area contributed by atoms with E-state index in [1.807, 2.05) is 12.1 Å². The lowest BCUT2D eigenvalue weighted by molar-refractivity contribution is 0.0946. The number of halogens is 2. The number of benzene rings is 2. The second-order valence-corrected chi connectivity index (χ2v) is 5.50. The highest BCUT2D eigenvalue weighted by Gasteiger charge is 2.20. The highest BCUT2D eigenvalue weighted by atomic mass is 35.5. The van der Waals surface area contributed by atoms with E-state index in [1.54, 1.807) is 18.2 Å². The van der Waals surface area contributed by atoms with Crippen LogP contribution >= 0.6 is 11.6 Å². The molecular formula is C16H14ClFN2O. The van der Waals surface area contributed by atoms with Crippen molar-refractivity contribution < 1.29 is 9.18 Å². The third kappa shape index (κ3) is 2.64. The maximum atomic E-state index is 14.0. The molecule has 0 aromatic heterocycles. The average molecular weight is 305 g/mol. The normalized spacial score (nSPS) is 15.3. The van der Waals surface area contributed by atoms with Crippen molar-refractivity contribution in [2.24, 2.45) is 5.73 Å². The molecule has 0 aliphatic carbocycles. The number of fused-ring (bicyclic) bond motifs is 1. The summed E-state index contributed by atoms with van der Waals surface area (Å²) in [6.45, 7) is 0.642. The van der Waals surface area contributed by atoms with Crippen molar-refractivity contribution in [3.63, 3.8) is 0 Å². The van der Waals surface area contributed by atoms with Gasteiger partial charge in [-0.1, -0.05) is 29.8 Å². The number of hydrogen-bond acceptors (Lipinski definition) is 2. The van der Waals surface area contributed by atoms with Crippen LogP contribution in [0.15, 0.2) is 36.4 Å². The van der Waals surface area contributed by atoms with Crippen LogP contribution in [0.5, 0.6) is 0 Å². The molecule has 5 heteroatoms. The zero-order valence-corrected chi connectivity index (χ0v) is 12.0. The van der Waals surface area contributed by atoms with Gasteiger partial charge in [0.25, 0.3) is 5.91 Å². The molecule has 1 atom stereocenters. The number of amides is 1. The van der Waals surface area contributed by atoms with E-state index in [0.717, 1.165) is 12.0 Å². The van der Waals surface area contributed by atoms with Crippen molar-refractivity contribution in [3.05, 3.63) is 69.5 Å². The van der Waals surface area contributed by atoms with Gasteiger partial charge in [0.2, 0.25) is 0 Å². The largest absolute Gasteiger partial charge is 0.352 e. The molecule has 0 fully saturated rings. The van der Waals surface area contributed by atoms with Crippen molar-refractivity contribution in [2.45, 2.75) is 12.5 Å². The molecule has 21 heavy (non-hydrogen) atoms. The number of rotatable bonds is 2. The number of carbonyl (C=O) groups is 1. The molecule has 2 aromatic carbocycles. The Morgan fingerprint density at radius 3 is 2.81 bits per heavy atom. The lowest BCUT2D eigenvalue weighted by atomic mass is 9.92. The van der Waals surface area contributed by atoms with E-state index in [0.29, 0.717) is 28.3 Å². The summed E-state index contributed by atoms with van der Waals surface area (Å²) in [7, 11) is 0. The van der Waals surface area contributed by atoms with Gasteiger partial charge in [0.05, 0.1) is 6.04 Å². The van der Waals surface area contributed by atoms with Crippen molar-refractivity contribution in [3.8, 4) is 0 Å². The summed E-state index contributed by atoms with van der Waals surface area (Å²) in [6.07, 6.45) is 0.798.